The van der Waals surface area contributed by atoms with Crippen LogP contribution in [0.3, 0.4) is 0 Å². The van der Waals surface area contributed by atoms with Crippen molar-refractivity contribution in [1.29, 1.82) is 0 Å². The highest BCUT2D eigenvalue weighted by atomic mass is 16.6. The Hall–Kier alpha value is -0.600. The summed E-state index contributed by atoms with van der Waals surface area (Å²) >= 11 is 0. The molecule has 1 aliphatic heterocycles. The maximum atomic E-state index is 5.85. The molecule has 1 rings (SSSR count). The van der Waals surface area contributed by atoms with Gasteiger partial charge in [-0.15, -0.1) is 0 Å². The van der Waals surface area contributed by atoms with Crippen LogP contribution in [0.25, 0.3) is 0 Å². The number of allylic oxidation sites excluding steroid dienone is 4. The first-order valence-corrected chi connectivity index (χ1v) is 18.4. The molecule has 0 N–H and O–H groups in total. The van der Waals surface area contributed by atoms with Gasteiger partial charge in [0.25, 0.3) is 0 Å². The molecule has 1 heterocycles. The van der Waals surface area contributed by atoms with Gasteiger partial charge >= 0.3 is 0 Å². The van der Waals surface area contributed by atoms with Gasteiger partial charge in [0.2, 0.25) is 0 Å². The zero-order valence-corrected chi connectivity index (χ0v) is 27.8. The average molecular weight is 563 g/mol. The van der Waals surface area contributed by atoms with Crippen LogP contribution in [0.1, 0.15) is 194 Å². The maximum absolute atomic E-state index is 5.85. The third-order valence-corrected chi connectivity index (χ3v) is 7.81. The summed E-state index contributed by atoms with van der Waals surface area (Å²) < 4.78 is 10.4. The molecule has 40 heavy (non-hydrogen) atoms. The van der Waals surface area contributed by atoms with Gasteiger partial charge in [-0.05, 0) is 64.2 Å². The summed E-state index contributed by atoms with van der Waals surface area (Å²) in [6.45, 7) is 8.54. The van der Waals surface area contributed by atoms with Crippen molar-refractivity contribution >= 4 is 0 Å². The molecule has 0 aromatic rings. The summed E-state index contributed by atoms with van der Waals surface area (Å²) in [5.41, 5.74) is 0. The van der Waals surface area contributed by atoms with Crippen LogP contribution < -0.4 is 0 Å². The number of epoxide rings is 1. The fourth-order valence-corrected chi connectivity index (χ4v) is 5.01. The molecule has 0 spiro atoms. The Bertz CT molecular complexity index is 439. The third-order valence-electron chi connectivity index (χ3n) is 7.81. The molecule has 0 atom stereocenters. The quantitative estimate of drug-likeness (QED) is 0.0462. The minimum absolute atomic E-state index is 0.978. The van der Waals surface area contributed by atoms with E-state index in [0.29, 0.717) is 0 Å². The third kappa shape index (κ3) is 41.9. The zero-order valence-electron chi connectivity index (χ0n) is 27.8. The smallest absolute Gasteiger partial charge is 0.0701 e. The zero-order chi connectivity index (χ0) is 28.9. The molecule has 1 fully saturated rings. The van der Waals surface area contributed by atoms with Crippen molar-refractivity contribution in [2.45, 2.75) is 194 Å². The van der Waals surface area contributed by atoms with Crippen molar-refractivity contribution < 1.29 is 9.47 Å². The van der Waals surface area contributed by atoms with Gasteiger partial charge in [0.05, 0.1) is 13.2 Å². The topological polar surface area (TPSA) is 21.8 Å². The van der Waals surface area contributed by atoms with Gasteiger partial charge in [0.1, 0.15) is 0 Å². The first-order valence-electron chi connectivity index (χ1n) is 18.4. The van der Waals surface area contributed by atoms with E-state index in [1.807, 2.05) is 0 Å². The minimum atomic E-state index is 0.978. The molecular weight excluding hydrogens is 488 g/mol. The normalized spacial score (nSPS) is 12.8. The fraction of sp³-hybridized carbons (Fsp3) is 0.895. The summed E-state index contributed by atoms with van der Waals surface area (Å²) in [6, 6.07) is 0. The van der Waals surface area contributed by atoms with E-state index >= 15 is 0 Å². The number of ether oxygens (including phenoxy) is 2. The summed E-state index contributed by atoms with van der Waals surface area (Å²) in [7, 11) is 0. The number of unbranched alkanes of at least 4 members (excludes halogenated alkanes) is 24. The van der Waals surface area contributed by atoms with E-state index in [4.69, 9.17) is 4.74 Å². The molecule has 0 aromatic carbocycles. The van der Waals surface area contributed by atoms with Crippen LogP contribution in [0, 0.1) is 0 Å². The number of rotatable bonds is 32. The SMILES string of the molecule is C1CO1.CCCCCCCC/C=C\CCCCCCCCOCCCCCCCC/C=C\CCCCCCCC. The van der Waals surface area contributed by atoms with Crippen LogP contribution in [0.4, 0.5) is 0 Å². The molecule has 2 nitrogen and oxygen atoms in total. The molecule has 0 radical (unpaired) electrons. The summed E-state index contributed by atoms with van der Waals surface area (Å²) in [6.07, 6.45) is 48.1. The van der Waals surface area contributed by atoms with Gasteiger partial charge in [-0.25, -0.2) is 0 Å². The van der Waals surface area contributed by atoms with Gasteiger partial charge in [-0.2, -0.15) is 0 Å². The van der Waals surface area contributed by atoms with Crippen LogP contribution in [-0.2, 0) is 9.47 Å². The second-order valence-electron chi connectivity index (χ2n) is 12.1. The van der Waals surface area contributed by atoms with Gasteiger partial charge in [-0.1, -0.05) is 154 Å². The molecular formula is C38H74O2. The van der Waals surface area contributed by atoms with Crippen LogP contribution in [0.15, 0.2) is 24.3 Å². The second kappa shape index (κ2) is 38.4. The molecule has 0 aromatic heterocycles. The summed E-state index contributed by atoms with van der Waals surface area (Å²) in [4.78, 5) is 0. The highest BCUT2D eigenvalue weighted by molar-refractivity contribution is 4.82. The molecule has 1 saturated heterocycles. The maximum Gasteiger partial charge on any atom is 0.0701 e. The molecule has 0 bridgehead atoms. The lowest BCUT2D eigenvalue weighted by Crippen LogP contribution is -1.97. The summed E-state index contributed by atoms with van der Waals surface area (Å²) in [5.74, 6) is 0. The Balaban J connectivity index is 0.00000471. The minimum Gasteiger partial charge on any atom is -0.381 e. The predicted molar refractivity (Wildman–Crippen MR) is 181 cm³/mol. The monoisotopic (exact) mass is 563 g/mol. The van der Waals surface area contributed by atoms with Crippen LogP contribution in [-0.4, -0.2) is 26.4 Å². The Labute approximate surface area is 253 Å². The second-order valence-corrected chi connectivity index (χ2v) is 12.1. The highest BCUT2D eigenvalue weighted by Gasteiger charge is 1.95. The lowest BCUT2D eigenvalue weighted by atomic mass is 10.1. The Morgan fingerprint density at radius 1 is 0.375 bits per heavy atom. The number of hydrogen-bond donors (Lipinski definition) is 0. The molecule has 0 aliphatic carbocycles. The molecule has 2 heteroatoms. The molecule has 238 valence electrons. The predicted octanol–water partition coefficient (Wildman–Crippen LogP) is 13.1. The lowest BCUT2D eigenvalue weighted by molar-refractivity contribution is 0.125. The van der Waals surface area contributed by atoms with E-state index in [2.05, 4.69) is 42.9 Å². The Kier molecular flexibility index (Phi) is 37.8. The van der Waals surface area contributed by atoms with Crippen molar-refractivity contribution in [1.82, 2.24) is 0 Å². The fourth-order valence-electron chi connectivity index (χ4n) is 5.01. The van der Waals surface area contributed by atoms with E-state index in [0.717, 1.165) is 26.4 Å². The van der Waals surface area contributed by atoms with Gasteiger partial charge in [-0.3, -0.25) is 0 Å². The van der Waals surface area contributed by atoms with E-state index in [9.17, 15) is 0 Å². The molecule has 0 amide bonds. The van der Waals surface area contributed by atoms with Crippen LogP contribution in [0.5, 0.6) is 0 Å². The summed E-state index contributed by atoms with van der Waals surface area (Å²) in [5, 5.41) is 0. The van der Waals surface area contributed by atoms with Gasteiger partial charge in [0, 0.05) is 13.2 Å². The largest absolute Gasteiger partial charge is 0.381 e. The molecule has 0 unspecified atom stereocenters. The lowest BCUT2D eigenvalue weighted by Gasteiger charge is -2.05. The molecule has 0 saturated carbocycles. The van der Waals surface area contributed by atoms with E-state index < -0.39 is 0 Å². The van der Waals surface area contributed by atoms with Crippen molar-refractivity contribution in [2.24, 2.45) is 0 Å². The first kappa shape index (κ1) is 39.4. The van der Waals surface area contributed by atoms with Crippen molar-refractivity contribution in [2.75, 3.05) is 26.4 Å². The first-order chi connectivity index (χ1) is 19.9. The van der Waals surface area contributed by atoms with Gasteiger partial charge < -0.3 is 9.47 Å². The Morgan fingerprint density at radius 3 is 0.900 bits per heavy atom. The number of hydrogen-bond acceptors (Lipinski definition) is 2. The molecule has 1 aliphatic rings. The standard InChI is InChI=1S/C36H70O.C2H4O/c1-3-5-7-9-11-13-15-17-19-21-23-25-27-29-31-33-35-37-36-34-32-30-28-26-24-22-20-18-16-14-12-10-8-6-4-2;1-2-3-1/h17-20H,3-16,21-36H2,1-2H3;1-2H2/b19-17-,20-18-;. The highest BCUT2D eigenvalue weighted by Crippen LogP contribution is 2.12. The van der Waals surface area contributed by atoms with Crippen LogP contribution >= 0.6 is 0 Å². The van der Waals surface area contributed by atoms with E-state index in [-0.39, 0.29) is 0 Å². The van der Waals surface area contributed by atoms with Crippen molar-refractivity contribution in [3.8, 4) is 0 Å². The van der Waals surface area contributed by atoms with E-state index in [1.54, 1.807) is 0 Å². The van der Waals surface area contributed by atoms with Crippen LogP contribution in [0.2, 0.25) is 0 Å². The van der Waals surface area contributed by atoms with E-state index in [1.165, 1.54) is 180 Å². The van der Waals surface area contributed by atoms with Crippen molar-refractivity contribution in [3.05, 3.63) is 24.3 Å². The Morgan fingerprint density at radius 2 is 0.625 bits per heavy atom. The van der Waals surface area contributed by atoms with Crippen molar-refractivity contribution in [3.63, 3.8) is 0 Å². The average Bonchev–Trinajstić information content (AvgIpc) is 3.86. The van der Waals surface area contributed by atoms with Gasteiger partial charge in [0.15, 0.2) is 0 Å².